The zero-order valence-electron chi connectivity index (χ0n) is 9.06. The van der Waals surface area contributed by atoms with Crippen molar-refractivity contribution >= 4 is 0 Å². The summed E-state index contributed by atoms with van der Waals surface area (Å²) in [6, 6.07) is 0. The molecule has 3 atom stereocenters. The van der Waals surface area contributed by atoms with Gasteiger partial charge in [-0.2, -0.15) is 0 Å². The Balaban J connectivity index is 1.79. The highest BCUT2D eigenvalue weighted by atomic mass is 16.7. The predicted octanol–water partition coefficient (Wildman–Crippen LogP) is 1.07. The molecular weight excluding hydrogens is 196 g/mol. The summed E-state index contributed by atoms with van der Waals surface area (Å²) in [5.41, 5.74) is 0. The largest absolute Gasteiger partial charge is 0.394 e. The molecule has 2 heterocycles. The summed E-state index contributed by atoms with van der Waals surface area (Å²) in [5.74, 6) is 0. The SMILES string of the molecule is OC[C@@H]1OCCC[C@H]1OC1CCCCO1. The molecule has 2 saturated heterocycles. The first-order valence-electron chi connectivity index (χ1n) is 5.89. The summed E-state index contributed by atoms with van der Waals surface area (Å²) in [4.78, 5) is 0. The van der Waals surface area contributed by atoms with Gasteiger partial charge in [0.25, 0.3) is 0 Å². The number of aliphatic hydroxyl groups is 1. The predicted molar refractivity (Wildman–Crippen MR) is 54.5 cm³/mol. The van der Waals surface area contributed by atoms with E-state index in [2.05, 4.69) is 0 Å². The van der Waals surface area contributed by atoms with Crippen molar-refractivity contribution in [2.24, 2.45) is 0 Å². The van der Waals surface area contributed by atoms with Gasteiger partial charge >= 0.3 is 0 Å². The standard InChI is InChI=1S/C11H20O4/c12-8-10-9(4-3-7-13-10)15-11-5-1-2-6-14-11/h9-12H,1-8H2/t9-,10+,11?/m1/s1. The molecule has 0 aromatic rings. The van der Waals surface area contributed by atoms with Crippen molar-refractivity contribution in [1.29, 1.82) is 0 Å². The van der Waals surface area contributed by atoms with Gasteiger partial charge in [0.15, 0.2) is 6.29 Å². The van der Waals surface area contributed by atoms with Gasteiger partial charge < -0.3 is 19.3 Å². The molecule has 0 aromatic heterocycles. The summed E-state index contributed by atoms with van der Waals surface area (Å²) in [6.07, 6.45) is 5.00. The van der Waals surface area contributed by atoms with Gasteiger partial charge in [0, 0.05) is 13.2 Å². The molecule has 0 spiro atoms. The lowest BCUT2D eigenvalue weighted by molar-refractivity contribution is -0.227. The molecule has 4 nitrogen and oxygen atoms in total. The maximum Gasteiger partial charge on any atom is 0.158 e. The molecule has 0 aliphatic carbocycles. The van der Waals surface area contributed by atoms with Crippen LogP contribution in [0.15, 0.2) is 0 Å². The summed E-state index contributed by atoms with van der Waals surface area (Å²) in [7, 11) is 0. The van der Waals surface area contributed by atoms with Gasteiger partial charge in [-0.1, -0.05) is 0 Å². The van der Waals surface area contributed by atoms with Crippen LogP contribution in [0.3, 0.4) is 0 Å². The van der Waals surface area contributed by atoms with E-state index in [4.69, 9.17) is 19.3 Å². The van der Waals surface area contributed by atoms with E-state index in [0.29, 0.717) is 0 Å². The zero-order chi connectivity index (χ0) is 10.5. The van der Waals surface area contributed by atoms with Gasteiger partial charge in [0.2, 0.25) is 0 Å². The third-order valence-electron chi connectivity index (χ3n) is 3.02. The van der Waals surface area contributed by atoms with Gasteiger partial charge in [0.1, 0.15) is 6.10 Å². The Morgan fingerprint density at radius 3 is 2.67 bits per heavy atom. The number of aliphatic hydroxyl groups excluding tert-OH is 1. The molecular formula is C11H20O4. The van der Waals surface area contributed by atoms with Crippen LogP contribution in [0.1, 0.15) is 32.1 Å². The van der Waals surface area contributed by atoms with Crippen LogP contribution in [0.2, 0.25) is 0 Å². The van der Waals surface area contributed by atoms with Crippen LogP contribution < -0.4 is 0 Å². The van der Waals surface area contributed by atoms with Gasteiger partial charge in [-0.3, -0.25) is 0 Å². The number of hydrogen-bond donors (Lipinski definition) is 1. The third kappa shape index (κ3) is 3.14. The van der Waals surface area contributed by atoms with E-state index in [-0.39, 0.29) is 25.1 Å². The minimum Gasteiger partial charge on any atom is -0.394 e. The minimum absolute atomic E-state index is 0.00634. The monoisotopic (exact) mass is 216 g/mol. The van der Waals surface area contributed by atoms with Crippen molar-refractivity contribution in [3.05, 3.63) is 0 Å². The lowest BCUT2D eigenvalue weighted by Crippen LogP contribution is -2.42. The first kappa shape index (κ1) is 11.3. The molecule has 0 aromatic carbocycles. The molecule has 0 amide bonds. The van der Waals surface area contributed by atoms with Crippen LogP contribution in [0.25, 0.3) is 0 Å². The molecule has 2 aliphatic heterocycles. The molecule has 2 fully saturated rings. The number of rotatable bonds is 3. The quantitative estimate of drug-likeness (QED) is 0.766. The van der Waals surface area contributed by atoms with Crippen molar-refractivity contribution in [3.8, 4) is 0 Å². The van der Waals surface area contributed by atoms with Crippen molar-refractivity contribution < 1.29 is 19.3 Å². The Morgan fingerprint density at radius 1 is 1.07 bits per heavy atom. The summed E-state index contributed by atoms with van der Waals surface area (Å²) < 4.78 is 16.8. The summed E-state index contributed by atoms with van der Waals surface area (Å²) >= 11 is 0. The Morgan fingerprint density at radius 2 is 1.93 bits per heavy atom. The van der Waals surface area contributed by atoms with E-state index >= 15 is 0 Å². The molecule has 2 aliphatic rings. The maximum absolute atomic E-state index is 9.15. The first-order chi connectivity index (χ1) is 7.40. The molecule has 1 unspecified atom stereocenters. The number of ether oxygens (including phenoxy) is 3. The van der Waals surface area contributed by atoms with E-state index in [1.807, 2.05) is 0 Å². The van der Waals surface area contributed by atoms with Crippen LogP contribution in [0.4, 0.5) is 0 Å². The Bertz CT molecular complexity index is 179. The lowest BCUT2D eigenvalue weighted by atomic mass is 10.1. The highest BCUT2D eigenvalue weighted by molar-refractivity contribution is 4.75. The highest BCUT2D eigenvalue weighted by Gasteiger charge is 2.29. The van der Waals surface area contributed by atoms with Crippen molar-refractivity contribution in [2.45, 2.75) is 50.6 Å². The molecule has 2 rings (SSSR count). The molecule has 0 radical (unpaired) electrons. The maximum atomic E-state index is 9.15. The van der Waals surface area contributed by atoms with Crippen molar-refractivity contribution in [1.82, 2.24) is 0 Å². The zero-order valence-corrected chi connectivity index (χ0v) is 9.06. The van der Waals surface area contributed by atoms with Gasteiger partial charge in [-0.05, 0) is 32.1 Å². The van der Waals surface area contributed by atoms with Crippen molar-refractivity contribution in [2.75, 3.05) is 19.8 Å². The van der Waals surface area contributed by atoms with Crippen LogP contribution in [0, 0.1) is 0 Å². The van der Waals surface area contributed by atoms with E-state index < -0.39 is 0 Å². The second-order valence-corrected chi connectivity index (χ2v) is 4.20. The van der Waals surface area contributed by atoms with Crippen LogP contribution >= 0.6 is 0 Å². The molecule has 0 saturated carbocycles. The fourth-order valence-electron chi connectivity index (χ4n) is 2.15. The van der Waals surface area contributed by atoms with Gasteiger partial charge in [0.05, 0.1) is 12.7 Å². The molecule has 0 bridgehead atoms. The molecule has 15 heavy (non-hydrogen) atoms. The topological polar surface area (TPSA) is 47.9 Å². The van der Waals surface area contributed by atoms with Gasteiger partial charge in [-0.15, -0.1) is 0 Å². The second kappa shape index (κ2) is 5.80. The lowest BCUT2D eigenvalue weighted by Gasteiger charge is -2.34. The molecule has 4 heteroatoms. The third-order valence-corrected chi connectivity index (χ3v) is 3.02. The minimum atomic E-state index is -0.163. The van der Waals surface area contributed by atoms with E-state index in [1.54, 1.807) is 0 Å². The van der Waals surface area contributed by atoms with Crippen LogP contribution in [-0.4, -0.2) is 43.4 Å². The van der Waals surface area contributed by atoms with Crippen LogP contribution in [0.5, 0.6) is 0 Å². The van der Waals surface area contributed by atoms with Gasteiger partial charge in [-0.25, -0.2) is 0 Å². The van der Waals surface area contributed by atoms with E-state index in [1.165, 1.54) is 6.42 Å². The fraction of sp³-hybridized carbons (Fsp3) is 1.00. The Kier molecular flexibility index (Phi) is 4.38. The summed E-state index contributed by atoms with van der Waals surface area (Å²) in [5, 5.41) is 9.15. The second-order valence-electron chi connectivity index (χ2n) is 4.20. The highest BCUT2D eigenvalue weighted by Crippen LogP contribution is 2.22. The smallest absolute Gasteiger partial charge is 0.158 e. The van der Waals surface area contributed by atoms with E-state index in [0.717, 1.165) is 38.9 Å². The first-order valence-corrected chi connectivity index (χ1v) is 5.89. The van der Waals surface area contributed by atoms with Crippen molar-refractivity contribution in [3.63, 3.8) is 0 Å². The average Bonchev–Trinajstić information content (AvgIpc) is 2.31. The normalized spacial score (nSPS) is 37.8. The average molecular weight is 216 g/mol. The van der Waals surface area contributed by atoms with Crippen LogP contribution in [-0.2, 0) is 14.2 Å². The molecule has 88 valence electrons. The molecule has 1 N–H and O–H groups in total. The Labute approximate surface area is 90.5 Å². The summed E-state index contributed by atoms with van der Waals surface area (Å²) in [6.45, 7) is 1.57. The van der Waals surface area contributed by atoms with E-state index in [9.17, 15) is 0 Å². The Hall–Kier alpha value is -0.160. The number of hydrogen-bond acceptors (Lipinski definition) is 4. The fourth-order valence-corrected chi connectivity index (χ4v) is 2.15.